The maximum atomic E-state index is 12.4. The van der Waals surface area contributed by atoms with E-state index in [0.717, 1.165) is 17.1 Å². The molecule has 3 aromatic rings. The molecule has 0 unspecified atom stereocenters. The van der Waals surface area contributed by atoms with E-state index in [2.05, 4.69) is 34.2 Å². The minimum absolute atomic E-state index is 0.00477. The van der Waals surface area contributed by atoms with Gasteiger partial charge >= 0.3 is 0 Å². The van der Waals surface area contributed by atoms with Crippen molar-refractivity contribution in [3.05, 3.63) is 82.0 Å². The molecule has 0 aliphatic carbocycles. The van der Waals surface area contributed by atoms with Crippen LogP contribution < -0.4 is 20.1 Å². The zero-order valence-corrected chi connectivity index (χ0v) is 15.6. The SMILES string of the molecule is O=C(C[NH2+][C@@H](c1ccccc1)c1cccs1)NCc1ccc2c(c1)OCO2. The number of quaternary nitrogens is 1. The van der Waals surface area contributed by atoms with Crippen LogP contribution in [0.4, 0.5) is 0 Å². The van der Waals surface area contributed by atoms with E-state index < -0.39 is 0 Å². The third-order valence-corrected chi connectivity index (χ3v) is 5.43. The van der Waals surface area contributed by atoms with Gasteiger partial charge in [-0.25, -0.2) is 0 Å². The second kappa shape index (κ2) is 8.24. The highest BCUT2D eigenvalue weighted by Gasteiger charge is 2.20. The summed E-state index contributed by atoms with van der Waals surface area (Å²) in [5.41, 5.74) is 2.19. The van der Waals surface area contributed by atoms with Gasteiger partial charge in [0.25, 0.3) is 5.91 Å². The Hall–Kier alpha value is -2.83. The fourth-order valence-corrected chi connectivity index (χ4v) is 3.94. The number of nitrogens with one attached hydrogen (secondary N) is 1. The lowest BCUT2D eigenvalue weighted by atomic mass is 10.1. The molecule has 1 aromatic heterocycles. The van der Waals surface area contributed by atoms with Gasteiger partial charge in [-0.05, 0) is 29.1 Å². The van der Waals surface area contributed by atoms with E-state index in [-0.39, 0.29) is 18.7 Å². The molecule has 0 saturated carbocycles. The number of nitrogens with two attached hydrogens (primary N) is 1. The van der Waals surface area contributed by atoms with Crippen LogP contribution in [-0.4, -0.2) is 19.2 Å². The Bertz CT molecular complexity index is 897. The lowest BCUT2D eigenvalue weighted by molar-refractivity contribution is -0.676. The van der Waals surface area contributed by atoms with E-state index in [0.29, 0.717) is 13.1 Å². The summed E-state index contributed by atoms with van der Waals surface area (Å²) in [5.74, 6) is 1.49. The molecule has 5 nitrogen and oxygen atoms in total. The summed E-state index contributed by atoms with van der Waals surface area (Å²) in [6.45, 7) is 1.09. The molecule has 0 fully saturated rings. The van der Waals surface area contributed by atoms with Gasteiger partial charge in [0, 0.05) is 12.1 Å². The molecule has 1 amide bonds. The standard InChI is InChI=1S/C21H20N2O3S/c24-20(22-12-15-8-9-17-18(11-15)26-14-25-17)13-23-21(19-7-4-10-27-19)16-5-2-1-3-6-16/h1-11,21,23H,12-14H2,(H,22,24)/p+1/t21-/m0/s1. The molecule has 27 heavy (non-hydrogen) atoms. The molecule has 2 aromatic carbocycles. The summed E-state index contributed by atoms with van der Waals surface area (Å²) in [7, 11) is 0. The van der Waals surface area contributed by atoms with Crippen molar-refractivity contribution in [1.82, 2.24) is 5.32 Å². The number of amides is 1. The molecule has 3 N–H and O–H groups in total. The number of carbonyl (C=O) groups is 1. The Kier molecular flexibility index (Phi) is 5.37. The number of carbonyl (C=O) groups excluding carboxylic acids is 1. The van der Waals surface area contributed by atoms with Gasteiger partial charge in [-0.3, -0.25) is 4.79 Å². The molecule has 6 heteroatoms. The van der Waals surface area contributed by atoms with Gasteiger partial charge in [0.2, 0.25) is 6.79 Å². The van der Waals surface area contributed by atoms with Crippen molar-refractivity contribution < 1.29 is 19.6 Å². The number of ether oxygens (including phenoxy) is 2. The first kappa shape index (κ1) is 17.6. The summed E-state index contributed by atoms with van der Waals surface area (Å²) in [6, 6.07) is 20.3. The normalized spacial score (nSPS) is 13.3. The smallest absolute Gasteiger partial charge is 0.275 e. The number of benzene rings is 2. The van der Waals surface area contributed by atoms with Crippen molar-refractivity contribution in [3.8, 4) is 11.5 Å². The first-order valence-corrected chi connectivity index (χ1v) is 9.74. The fraction of sp³-hybridized carbons (Fsp3) is 0.190. The maximum Gasteiger partial charge on any atom is 0.275 e. The second-order valence-corrected chi connectivity index (χ2v) is 7.29. The van der Waals surface area contributed by atoms with Crippen LogP contribution in [0.15, 0.2) is 66.0 Å². The van der Waals surface area contributed by atoms with Crippen molar-refractivity contribution in [2.24, 2.45) is 0 Å². The highest BCUT2D eigenvalue weighted by atomic mass is 32.1. The van der Waals surface area contributed by atoms with Crippen LogP contribution in [0, 0.1) is 0 Å². The average Bonchev–Trinajstić information content (AvgIpc) is 3.39. The molecule has 2 heterocycles. The Labute approximate surface area is 161 Å². The van der Waals surface area contributed by atoms with Crippen LogP contribution in [0.5, 0.6) is 11.5 Å². The predicted molar refractivity (Wildman–Crippen MR) is 104 cm³/mol. The van der Waals surface area contributed by atoms with E-state index in [1.165, 1.54) is 10.4 Å². The lowest BCUT2D eigenvalue weighted by Crippen LogP contribution is -2.87. The molecule has 0 saturated heterocycles. The number of hydrogen-bond donors (Lipinski definition) is 2. The summed E-state index contributed by atoms with van der Waals surface area (Å²) in [4.78, 5) is 13.6. The van der Waals surface area contributed by atoms with Gasteiger partial charge in [0.1, 0.15) is 6.04 Å². The molecule has 1 aliphatic rings. The van der Waals surface area contributed by atoms with E-state index in [4.69, 9.17) is 9.47 Å². The molecular weight excluding hydrogens is 360 g/mol. The monoisotopic (exact) mass is 381 g/mol. The predicted octanol–water partition coefficient (Wildman–Crippen LogP) is 2.45. The van der Waals surface area contributed by atoms with Crippen molar-refractivity contribution in [2.75, 3.05) is 13.3 Å². The summed E-state index contributed by atoms with van der Waals surface area (Å²) in [6.07, 6.45) is 0. The Morgan fingerprint density at radius 3 is 2.74 bits per heavy atom. The zero-order valence-electron chi connectivity index (χ0n) is 14.8. The van der Waals surface area contributed by atoms with Gasteiger partial charge in [-0.2, -0.15) is 0 Å². The minimum atomic E-state index is 0.00477. The molecule has 1 atom stereocenters. The summed E-state index contributed by atoms with van der Waals surface area (Å²) < 4.78 is 10.7. The Morgan fingerprint density at radius 2 is 1.93 bits per heavy atom. The molecule has 1 aliphatic heterocycles. The number of thiophene rings is 1. The van der Waals surface area contributed by atoms with Gasteiger partial charge < -0.3 is 20.1 Å². The van der Waals surface area contributed by atoms with Crippen molar-refractivity contribution >= 4 is 17.2 Å². The molecule has 4 rings (SSSR count). The topological polar surface area (TPSA) is 64.2 Å². The highest BCUT2D eigenvalue weighted by molar-refractivity contribution is 7.10. The first-order chi connectivity index (χ1) is 13.3. The van der Waals surface area contributed by atoms with Crippen molar-refractivity contribution in [2.45, 2.75) is 12.6 Å². The molecular formula is C21H21N2O3S+. The van der Waals surface area contributed by atoms with Crippen LogP contribution in [0.2, 0.25) is 0 Å². The van der Waals surface area contributed by atoms with Gasteiger partial charge in [0.15, 0.2) is 18.0 Å². The molecule has 138 valence electrons. The van der Waals surface area contributed by atoms with Gasteiger partial charge in [0.05, 0.1) is 4.88 Å². The van der Waals surface area contributed by atoms with E-state index in [9.17, 15) is 4.79 Å². The van der Waals surface area contributed by atoms with Crippen LogP contribution in [-0.2, 0) is 11.3 Å². The van der Waals surface area contributed by atoms with Crippen LogP contribution in [0.25, 0.3) is 0 Å². The number of fused-ring (bicyclic) bond motifs is 1. The molecule has 0 spiro atoms. The quantitative estimate of drug-likeness (QED) is 0.661. The largest absolute Gasteiger partial charge is 0.454 e. The molecule has 0 bridgehead atoms. The number of rotatable bonds is 7. The zero-order chi connectivity index (χ0) is 18.5. The van der Waals surface area contributed by atoms with E-state index in [1.54, 1.807) is 11.3 Å². The lowest BCUT2D eigenvalue weighted by Gasteiger charge is -2.14. The third kappa shape index (κ3) is 4.30. The first-order valence-electron chi connectivity index (χ1n) is 8.86. The summed E-state index contributed by atoms with van der Waals surface area (Å²) >= 11 is 1.71. The van der Waals surface area contributed by atoms with E-state index >= 15 is 0 Å². The van der Waals surface area contributed by atoms with E-state index in [1.807, 2.05) is 42.5 Å². The van der Waals surface area contributed by atoms with Gasteiger partial charge in [-0.15, -0.1) is 11.3 Å². The van der Waals surface area contributed by atoms with Crippen molar-refractivity contribution in [1.29, 1.82) is 0 Å². The fourth-order valence-electron chi connectivity index (χ4n) is 3.09. The molecule has 0 radical (unpaired) electrons. The van der Waals surface area contributed by atoms with Crippen molar-refractivity contribution in [3.63, 3.8) is 0 Å². The average molecular weight is 381 g/mol. The Morgan fingerprint density at radius 1 is 1.07 bits per heavy atom. The van der Waals surface area contributed by atoms with Crippen LogP contribution in [0.3, 0.4) is 0 Å². The minimum Gasteiger partial charge on any atom is -0.454 e. The number of hydrogen-bond acceptors (Lipinski definition) is 4. The van der Waals surface area contributed by atoms with Crippen LogP contribution >= 0.6 is 11.3 Å². The Balaban J connectivity index is 1.34. The van der Waals surface area contributed by atoms with Crippen LogP contribution in [0.1, 0.15) is 22.0 Å². The highest BCUT2D eigenvalue weighted by Crippen LogP contribution is 2.32. The summed E-state index contributed by atoms with van der Waals surface area (Å²) in [5, 5.41) is 7.13. The maximum absolute atomic E-state index is 12.4. The third-order valence-electron chi connectivity index (χ3n) is 4.47. The second-order valence-electron chi connectivity index (χ2n) is 6.31. The van der Waals surface area contributed by atoms with Gasteiger partial charge in [-0.1, -0.05) is 42.5 Å².